The molecule has 0 atom stereocenters. The average Bonchev–Trinajstić information content (AvgIpc) is 2.50. The molecule has 2 rings (SSSR count). The van der Waals surface area contributed by atoms with Gasteiger partial charge in [-0.25, -0.2) is 4.98 Å². The monoisotopic (exact) mass is 146 g/mol. The van der Waals surface area contributed by atoms with Gasteiger partial charge >= 0.3 is 0 Å². The molecule has 0 aliphatic carbocycles. The first kappa shape index (κ1) is 6.09. The molecule has 54 valence electrons. The first-order valence-electron chi connectivity index (χ1n) is 3.24. The Morgan fingerprint density at radius 2 is 2.36 bits per heavy atom. The molecule has 0 aliphatic rings. The van der Waals surface area contributed by atoms with Gasteiger partial charge in [0.2, 0.25) is 0 Å². The lowest BCUT2D eigenvalue weighted by Crippen LogP contribution is -1.77. The predicted molar refractivity (Wildman–Crippen MR) is 41.9 cm³/mol. The number of fused-ring (bicyclic) bond motifs is 1. The third-order valence-electron chi connectivity index (χ3n) is 1.52. The van der Waals surface area contributed by atoms with Gasteiger partial charge in [0, 0.05) is 6.21 Å². The number of rotatable bonds is 1. The molecule has 0 unspecified atom stereocenters. The minimum absolute atomic E-state index is 0.760. The average molecular weight is 146 g/mol. The van der Waals surface area contributed by atoms with E-state index in [9.17, 15) is 0 Å². The van der Waals surface area contributed by atoms with Gasteiger partial charge in [-0.15, -0.1) is 0 Å². The van der Waals surface area contributed by atoms with E-state index in [1.165, 1.54) is 12.6 Å². The topological polar surface area (TPSA) is 49.9 Å². The van der Waals surface area contributed by atoms with Crippen LogP contribution in [-0.4, -0.2) is 11.2 Å². The molecule has 2 aromatic rings. The third kappa shape index (κ3) is 0.902. The maximum absolute atomic E-state index is 6.99. The summed E-state index contributed by atoms with van der Waals surface area (Å²) in [6.45, 7) is 0. The van der Waals surface area contributed by atoms with E-state index in [0.717, 1.165) is 16.7 Å². The van der Waals surface area contributed by atoms with Gasteiger partial charge in [0.1, 0.15) is 5.52 Å². The zero-order chi connectivity index (χ0) is 7.68. The molecule has 0 radical (unpaired) electrons. The molecule has 1 N–H and O–H groups in total. The van der Waals surface area contributed by atoms with Crippen LogP contribution < -0.4 is 0 Å². The van der Waals surface area contributed by atoms with Crippen molar-refractivity contribution in [1.29, 1.82) is 5.41 Å². The fourth-order valence-corrected chi connectivity index (χ4v) is 0.965. The highest BCUT2D eigenvalue weighted by Gasteiger charge is 1.96. The molecule has 0 aliphatic heterocycles. The Kier molecular flexibility index (Phi) is 1.22. The highest BCUT2D eigenvalue weighted by Crippen LogP contribution is 2.12. The standard InChI is InChI=1S/C8H6N2O/c9-4-6-1-2-8-7(3-6)10-5-11-8/h1-5,9H. The molecule has 3 heteroatoms. The number of nitrogens with one attached hydrogen (secondary N) is 1. The van der Waals surface area contributed by atoms with Gasteiger partial charge in [-0.05, 0) is 23.8 Å². The highest BCUT2D eigenvalue weighted by atomic mass is 16.3. The van der Waals surface area contributed by atoms with Gasteiger partial charge in [0.15, 0.2) is 12.0 Å². The summed E-state index contributed by atoms with van der Waals surface area (Å²) in [6, 6.07) is 5.44. The van der Waals surface area contributed by atoms with Crippen LogP contribution in [0.4, 0.5) is 0 Å². The molecule has 11 heavy (non-hydrogen) atoms. The zero-order valence-electron chi connectivity index (χ0n) is 5.74. The molecular weight excluding hydrogens is 140 g/mol. The lowest BCUT2D eigenvalue weighted by Gasteiger charge is -1.88. The second-order valence-electron chi connectivity index (χ2n) is 2.22. The molecule has 0 saturated heterocycles. The molecule has 1 heterocycles. The quantitative estimate of drug-likeness (QED) is 0.624. The van der Waals surface area contributed by atoms with E-state index >= 15 is 0 Å². The van der Waals surface area contributed by atoms with Crippen LogP contribution in [0.1, 0.15) is 5.56 Å². The van der Waals surface area contributed by atoms with E-state index < -0.39 is 0 Å². The maximum atomic E-state index is 6.99. The summed E-state index contributed by atoms with van der Waals surface area (Å²) in [6.07, 6.45) is 2.69. The fourth-order valence-electron chi connectivity index (χ4n) is 0.965. The summed E-state index contributed by atoms with van der Waals surface area (Å²) in [5, 5.41) is 6.99. The number of aromatic nitrogens is 1. The largest absolute Gasteiger partial charge is 0.443 e. The van der Waals surface area contributed by atoms with Crippen LogP contribution in [0.25, 0.3) is 11.1 Å². The fraction of sp³-hybridized carbons (Fsp3) is 0. The van der Waals surface area contributed by atoms with Crippen molar-refractivity contribution in [3.05, 3.63) is 30.2 Å². The molecule has 1 aromatic carbocycles. The van der Waals surface area contributed by atoms with Crippen molar-refractivity contribution < 1.29 is 4.42 Å². The second kappa shape index (κ2) is 2.20. The van der Waals surface area contributed by atoms with Crippen molar-refractivity contribution in [2.75, 3.05) is 0 Å². The lowest BCUT2D eigenvalue weighted by atomic mass is 10.2. The normalized spacial score (nSPS) is 10.2. The Morgan fingerprint density at radius 1 is 1.45 bits per heavy atom. The van der Waals surface area contributed by atoms with E-state index in [-0.39, 0.29) is 0 Å². The Hall–Kier alpha value is -1.64. The Balaban J connectivity index is 2.76. The van der Waals surface area contributed by atoms with Crippen LogP contribution in [-0.2, 0) is 0 Å². The molecule has 0 amide bonds. The molecule has 0 fully saturated rings. The van der Waals surface area contributed by atoms with Crippen molar-refractivity contribution in [3.8, 4) is 0 Å². The van der Waals surface area contributed by atoms with Crippen molar-refractivity contribution in [3.63, 3.8) is 0 Å². The summed E-state index contributed by atoms with van der Waals surface area (Å²) in [7, 11) is 0. The minimum atomic E-state index is 0.760. The SMILES string of the molecule is N=Cc1ccc2ocnc2c1. The molecule has 0 spiro atoms. The smallest absolute Gasteiger partial charge is 0.181 e. The summed E-state index contributed by atoms with van der Waals surface area (Å²) < 4.78 is 5.03. The Morgan fingerprint density at radius 3 is 3.18 bits per heavy atom. The van der Waals surface area contributed by atoms with E-state index in [2.05, 4.69) is 4.98 Å². The lowest BCUT2D eigenvalue weighted by molar-refractivity contribution is 0.602. The molecule has 1 aromatic heterocycles. The van der Waals surface area contributed by atoms with Crippen molar-refractivity contribution in [2.24, 2.45) is 0 Å². The Labute approximate surface area is 63.2 Å². The van der Waals surface area contributed by atoms with Gasteiger partial charge in [0.05, 0.1) is 0 Å². The van der Waals surface area contributed by atoms with E-state index in [0.29, 0.717) is 0 Å². The Bertz CT molecular complexity index is 392. The van der Waals surface area contributed by atoms with Crippen molar-refractivity contribution >= 4 is 17.3 Å². The maximum Gasteiger partial charge on any atom is 0.181 e. The van der Waals surface area contributed by atoms with Gasteiger partial charge in [0.25, 0.3) is 0 Å². The van der Waals surface area contributed by atoms with Crippen molar-refractivity contribution in [2.45, 2.75) is 0 Å². The van der Waals surface area contributed by atoms with Gasteiger partial charge in [-0.2, -0.15) is 0 Å². The number of hydrogen-bond acceptors (Lipinski definition) is 3. The first-order valence-corrected chi connectivity index (χ1v) is 3.24. The molecule has 0 bridgehead atoms. The highest BCUT2D eigenvalue weighted by molar-refractivity contribution is 5.84. The second-order valence-corrected chi connectivity index (χ2v) is 2.22. The van der Waals surface area contributed by atoms with Crippen molar-refractivity contribution in [1.82, 2.24) is 4.98 Å². The van der Waals surface area contributed by atoms with Crippen LogP contribution >= 0.6 is 0 Å². The molecule has 0 saturated carbocycles. The van der Waals surface area contributed by atoms with Gasteiger partial charge in [-0.3, -0.25) is 0 Å². The summed E-state index contributed by atoms with van der Waals surface area (Å²) in [4.78, 5) is 3.96. The third-order valence-corrected chi connectivity index (χ3v) is 1.52. The number of hydrogen-bond donors (Lipinski definition) is 1. The molecule has 3 nitrogen and oxygen atoms in total. The van der Waals surface area contributed by atoms with E-state index in [4.69, 9.17) is 9.83 Å². The van der Waals surface area contributed by atoms with Gasteiger partial charge < -0.3 is 9.83 Å². The summed E-state index contributed by atoms with van der Waals surface area (Å²) in [5.41, 5.74) is 2.40. The predicted octanol–water partition coefficient (Wildman–Crippen LogP) is 1.83. The first-order chi connectivity index (χ1) is 5.40. The number of nitrogens with zero attached hydrogens (tertiary/aromatic N) is 1. The van der Waals surface area contributed by atoms with E-state index in [1.54, 1.807) is 0 Å². The summed E-state index contributed by atoms with van der Waals surface area (Å²) >= 11 is 0. The number of benzene rings is 1. The molecular formula is C8H6N2O. The van der Waals surface area contributed by atoms with Crippen LogP contribution in [0.15, 0.2) is 29.0 Å². The van der Waals surface area contributed by atoms with Crippen LogP contribution in [0.5, 0.6) is 0 Å². The van der Waals surface area contributed by atoms with Gasteiger partial charge in [-0.1, -0.05) is 0 Å². The summed E-state index contributed by atoms with van der Waals surface area (Å²) in [5.74, 6) is 0. The van der Waals surface area contributed by atoms with Crippen LogP contribution in [0.2, 0.25) is 0 Å². The van der Waals surface area contributed by atoms with E-state index in [1.807, 2.05) is 18.2 Å². The zero-order valence-corrected chi connectivity index (χ0v) is 5.74. The van der Waals surface area contributed by atoms with Crippen LogP contribution in [0, 0.1) is 5.41 Å². The van der Waals surface area contributed by atoms with Crippen LogP contribution in [0.3, 0.4) is 0 Å². The minimum Gasteiger partial charge on any atom is -0.443 e. The number of oxazole rings is 1.